The number of rotatable bonds is 8. The molecular weight excluding hydrogens is 407 g/mol. The number of fused-ring (bicyclic) bond motifs is 1. The standard InChI is InChI=1S/C26H23FN2O3/c27-20-14-22-23(29-15-20)11-12-24(31-17-21(28)13-18-7-3-1-4-8-18)25(22)26(30)32-16-19-9-5-2-6-10-19/h1-12,14-15,21H,13,16-17,28H2. The Kier molecular flexibility index (Phi) is 6.72. The molecule has 0 fully saturated rings. The van der Waals surface area contributed by atoms with Gasteiger partial charge in [0.05, 0.1) is 11.7 Å². The quantitative estimate of drug-likeness (QED) is 0.411. The van der Waals surface area contributed by atoms with Gasteiger partial charge < -0.3 is 15.2 Å². The van der Waals surface area contributed by atoms with Gasteiger partial charge in [-0.15, -0.1) is 0 Å². The Morgan fingerprint density at radius 2 is 1.66 bits per heavy atom. The molecule has 0 bridgehead atoms. The van der Waals surface area contributed by atoms with Crippen LogP contribution in [0.3, 0.4) is 0 Å². The van der Waals surface area contributed by atoms with Gasteiger partial charge in [0.1, 0.15) is 30.3 Å². The predicted octanol–water partition coefficient (Wildman–Crippen LogP) is 4.68. The van der Waals surface area contributed by atoms with Crippen LogP contribution in [0.1, 0.15) is 21.5 Å². The summed E-state index contributed by atoms with van der Waals surface area (Å²) in [6, 6.07) is 23.5. The fraction of sp³-hybridized carbons (Fsp3) is 0.154. The number of pyridine rings is 1. The highest BCUT2D eigenvalue weighted by Gasteiger charge is 2.20. The molecule has 0 aliphatic carbocycles. The second-order valence-electron chi connectivity index (χ2n) is 7.48. The summed E-state index contributed by atoms with van der Waals surface area (Å²) in [6.07, 6.45) is 1.73. The number of hydrogen-bond acceptors (Lipinski definition) is 5. The van der Waals surface area contributed by atoms with Crippen molar-refractivity contribution in [1.29, 1.82) is 0 Å². The van der Waals surface area contributed by atoms with Crippen molar-refractivity contribution in [3.05, 3.63) is 108 Å². The highest BCUT2D eigenvalue weighted by molar-refractivity contribution is 6.06. The van der Waals surface area contributed by atoms with Crippen molar-refractivity contribution in [2.45, 2.75) is 19.1 Å². The third-order valence-electron chi connectivity index (χ3n) is 5.00. The number of hydrogen-bond donors (Lipinski definition) is 1. The van der Waals surface area contributed by atoms with Crippen molar-refractivity contribution >= 4 is 16.9 Å². The first-order valence-electron chi connectivity index (χ1n) is 10.3. The minimum Gasteiger partial charge on any atom is -0.491 e. The molecule has 0 saturated carbocycles. The number of carbonyl (C=O) groups is 1. The van der Waals surface area contributed by atoms with E-state index < -0.39 is 11.8 Å². The molecule has 0 aliphatic rings. The lowest BCUT2D eigenvalue weighted by Crippen LogP contribution is -2.30. The van der Waals surface area contributed by atoms with Gasteiger partial charge in [-0.1, -0.05) is 60.7 Å². The molecule has 0 amide bonds. The summed E-state index contributed by atoms with van der Waals surface area (Å²) in [5.41, 5.74) is 8.78. The Morgan fingerprint density at radius 3 is 2.38 bits per heavy atom. The van der Waals surface area contributed by atoms with Crippen molar-refractivity contribution in [1.82, 2.24) is 4.98 Å². The molecule has 4 aromatic rings. The van der Waals surface area contributed by atoms with Gasteiger partial charge in [0, 0.05) is 11.4 Å². The molecule has 0 saturated heterocycles. The van der Waals surface area contributed by atoms with E-state index in [1.54, 1.807) is 12.1 Å². The van der Waals surface area contributed by atoms with Gasteiger partial charge in [0.25, 0.3) is 0 Å². The number of nitrogens with two attached hydrogens (primary N) is 1. The molecule has 3 aromatic carbocycles. The largest absolute Gasteiger partial charge is 0.491 e. The molecule has 162 valence electrons. The molecule has 1 heterocycles. The molecule has 0 radical (unpaired) electrons. The van der Waals surface area contributed by atoms with Crippen LogP contribution in [0.2, 0.25) is 0 Å². The summed E-state index contributed by atoms with van der Waals surface area (Å²) in [5.74, 6) is -0.877. The highest BCUT2D eigenvalue weighted by Crippen LogP contribution is 2.29. The van der Waals surface area contributed by atoms with Gasteiger partial charge >= 0.3 is 5.97 Å². The van der Waals surface area contributed by atoms with Crippen LogP contribution in [0.5, 0.6) is 5.75 Å². The van der Waals surface area contributed by atoms with E-state index in [1.165, 1.54) is 6.07 Å². The number of esters is 1. The average Bonchev–Trinajstić information content (AvgIpc) is 2.82. The first kappa shape index (κ1) is 21.5. The molecular formula is C26H23FN2O3. The van der Waals surface area contributed by atoms with Crippen molar-refractivity contribution in [3.63, 3.8) is 0 Å². The smallest absolute Gasteiger partial charge is 0.342 e. The number of benzene rings is 3. The van der Waals surface area contributed by atoms with E-state index in [4.69, 9.17) is 15.2 Å². The second-order valence-corrected chi connectivity index (χ2v) is 7.48. The van der Waals surface area contributed by atoms with Gasteiger partial charge in [0.15, 0.2) is 0 Å². The number of carbonyl (C=O) groups excluding carboxylic acids is 1. The minimum atomic E-state index is -0.613. The lowest BCUT2D eigenvalue weighted by Gasteiger charge is -2.17. The lowest BCUT2D eigenvalue weighted by atomic mass is 10.1. The molecule has 6 heteroatoms. The van der Waals surface area contributed by atoms with Gasteiger partial charge in [-0.05, 0) is 35.7 Å². The van der Waals surface area contributed by atoms with Crippen molar-refractivity contribution in [3.8, 4) is 5.75 Å². The van der Waals surface area contributed by atoms with E-state index in [2.05, 4.69) is 4.98 Å². The first-order chi connectivity index (χ1) is 15.6. The SMILES string of the molecule is NC(COc1ccc2ncc(F)cc2c1C(=O)OCc1ccccc1)Cc1ccccc1. The van der Waals surface area contributed by atoms with Gasteiger partial charge in [-0.25, -0.2) is 9.18 Å². The van der Waals surface area contributed by atoms with Crippen molar-refractivity contribution in [2.24, 2.45) is 5.73 Å². The van der Waals surface area contributed by atoms with Crippen molar-refractivity contribution in [2.75, 3.05) is 6.61 Å². The van der Waals surface area contributed by atoms with E-state index in [9.17, 15) is 9.18 Å². The predicted molar refractivity (Wildman–Crippen MR) is 121 cm³/mol. The molecule has 1 unspecified atom stereocenters. The molecule has 1 aromatic heterocycles. The first-order valence-corrected chi connectivity index (χ1v) is 10.3. The fourth-order valence-corrected chi connectivity index (χ4v) is 3.45. The highest BCUT2D eigenvalue weighted by atomic mass is 19.1. The molecule has 5 nitrogen and oxygen atoms in total. The van der Waals surface area contributed by atoms with Crippen LogP contribution in [0, 0.1) is 5.82 Å². The van der Waals surface area contributed by atoms with Crippen LogP contribution >= 0.6 is 0 Å². The molecule has 4 rings (SSSR count). The lowest BCUT2D eigenvalue weighted by molar-refractivity contribution is 0.0470. The molecule has 32 heavy (non-hydrogen) atoms. The van der Waals surface area contributed by atoms with E-state index in [1.807, 2.05) is 60.7 Å². The van der Waals surface area contributed by atoms with E-state index in [0.717, 1.165) is 17.3 Å². The second kappa shape index (κ2) is 10.0. The maximum Gasteiger partial charge on any atom is 0.342 e. The monoisotopic (exact) mass is 430 g/mol. The van der Waals surface area contributed by atoms with Crippen LogP contribution in [0.15, 0.2) is 85.1 Å². The fourth-order valence-electron chi connectivity index (χ4n) is 3.45. The number of ether oxygens (including phenoxy) is 2. The number of nitrogens with zero attached hydrogens (tertiary/aromatic N) is 1. The summed E-state index contributed by atoms with van der Waals surface area (Å²) >= 11 is 0. The van der Waals surface area contributed by atoms with E-state index in [0.29, 0.717) is 17.3 Å². The molecule has 1 atom stereocenters. The van der Waals surface area contributed by atoms with Crippen molar-refractivity contribution < 1.29 is 18.7 Å². The van der Waals surface area contributed by atoms with Gasteiger partial charge in [-0.2, -0.15) is 0 Å². The van der Waals surface area contributed by atoms with E-state index in [-0.39, 0.29) is 30.6 Å². The third-order valence-corrected chi connectivity index (χ3v) is 5.00. The Balaban J connectivity index is 1.56. The number of halogens is 1. The minimum absolute atomic E-state index is 0.0891. The summed E-state index contributed by atoms with van der Waals surface area (Å²) in [5, 5.41) is 0.331. The van der Waals surface area contributed by atoms with Gasteiger partial charge in [-0.3, -0.25) is 4.98 Å². The Morgan fingerprint density at radius 1 is 0.969 bits per heavy atom. The van der Waals surface area contributed by atoms with Crippen LogP contribution < -0.4 is 10.5 Å². The topological polar surface area (TPSA) is 74.4 Å². The third kappa shape index (κ3) is 5.28. The van der Waals surface area contributed by atoms with Crippen LogP contribution in [0.25, 0.3) is 10.9 Å². The summed E-state index contributed by atoms with van der Waals surface area (Å²) < 4.78 is 25.4. The van der Waals surface area contributed by atoms with Crippen LogP contribution in [-0.4, -0.2) is 23.6 Å². The van der Waals surface area contributed by atoms with E-state index >= 15 is 0 Å². The summed E-state index contributed by atoms with van der Waals surface area (Å²) in [4.78, 5) is 17.1. The Hall–Kier alpha value is -3.77. The zero-order chi connectivity index (χ0) is 22.3. The Bertz CT molecular complexity index is 1200. The zero-order valence-electron chi connectivity index (χ0n) is 17.4. The Labute approximate surface area is 185 Å². The molecule has 0 spiro atoms. The zero-order valence-corrected chi connectivity index (χ0v) is 17.4. The average molecular weight is 430 g/mol. The normalized spacial score (nSPS) is 11.8. The maximum absolute atomic E-state index is 13.9. The molecule has 0 aliphatic heterocycles. The van der Waals surface area contributed by atoms with Crippen LogP contribution in [-0.2, 0) is 17.8 Å². The summed E-state index contributed by atoms with van der Waals surface area (Å²) in [6.45, 7) is 0.272. The number of aromatic nitrogens is 1. The maximum atomic E-state index is 13.9. The van der Waals surface area contributed by atoms with Crippen LogP contribution in [0.4, 0.5) is 4.39 Å². The summed E-state index contributed by atoms with van der Waals surface area (Å²) in [7, 11) is 0. The molecule has 2 N–H and O–H groups in total. The van der Waals surface area contributed by atoms with Gasteiger partial charge in [0.2, 0.25) is 0 Å².